The van der Waals surface area contributed by atoms with E-state index in [0.717, 1.165) is 12.8 Å². The number of anilines is 1. The molecule has 0 unspecified atom stereocenters. The summed E-state index contributed by atoms with van der Waals surface area (Å²) in [6, 6.07) is 12.1. The average Bonchev–Trinajstić information content (AvgIpc) is 3.27. The van der Waals surface area contributed by atoms with Gasteiger partial charge in [-0.05, 0) is 43.2 Å². The third-order valence-electron chi connectivity index (χ3n) is 4.65. The number of carbonyl (C=O) groups is 1. The average molecular weight is 418 g/mol. The molecule has 0 bridgehead atoms. The summed E-state index contributed by atoms with van der Waals surface area (Å²) in [6.07, 6.45) is 1.72. The van der Waals surface area contributed by atoms with Crippen molar-refractivity contribution in [1.29, 1.82) is 0 Å². The minimum Gasteiger partial charge on any atom is -0.378 e. The van der Waals surface area contributed by atoms with Crippen molar-refractivity contribution in [2.24, 2.45) is 0 Å². The van der Waals surface area contributed by atoms with E-state index in [1.807, 2.05) is 0 Å². The second-order valence-corrected chi connectivity index (χ2v) is 8.53. The van der Waals surface area contributed by atoms with Crippen LogP contribution in [0.4, 0.5) is 11.4 Å². The monoisotopic (exact) mass is 418 g/mol. The zero-order chi connectivity index (χ0) is 20.9. The van der Waals surface area contributed by atoms with Crippen LogP contribution in [0, 0.1) is 10.1 Å². The van der Waals surface area contributed by atoms with Crippen molar-refractivity contribution < 1.29 is 18.1 Å². The van der Waals surface area contributed by atoms with Gasteiger partial charge in [0.05, 0.1) is 9.82 Å². The molecule has 0 radical (unpaired) electrons. The number of amides is 1. The molecular formula is C19H22N4O5S. The lowest BCUT2D eigenvalue weighted by Crippen LogP contribution is -2.29. The fourth-order valence-electron chi connectivity index (χ4n) is 3.11. The minimum absolute atomic E-state index is 0.0337. The van der Waals surface area contributed by atoms with E-state index in [1.165, 1.54) is 34.6 Å². The summed E-state index contributed by atoms with van der Waals surface area (Å²) < 4.78 is 26.5. The first-order chi connectivity index (χ1) is 13.9. The van der Waals surface area contributed by atoms with Gasteiger partial charge in [0.1, 0.15) is 5.69 Å². The molecule has 0 atom stereocenters. The van der Waals surface area contributed by atoms with Crippen molar-refractivity contribution in [3.63, 3.8) is 0 Å². The van der Waals surface area contributed by atoms with E-state index in [9.17, 15) is 23.3 Å². The number of hydrogen-bond donors (Lipinski definition) is 2. The number of nitrogens with zero attached hydrogens (tertiary/aromatic N) is 2. The highest BCUT2D eigenvalue weighted by Crippen LogP contribution is 2.23. The second-order valence-electron chi connectivity index (χ2n) is 6.59. The Morgan fingerprint density at radius 1 is 1.03 bits per heavy atom. The number of nitrogens with one attached hydrogen (secondary N) is 2. The first-order valence-electron chi connectivity index (χ1n) is 9.25. The van der Waals surface area contributed by atoms with Crippen LogP contribution in [0.5, 0.6) is 0 Å². The third-order valence-corrected chi connectivity index (χ3v) is 6.56. The van der Waals surface area contributed by atoms with Gasteiger partial charge in [0.15, 0.2) is 0 Å². The summed E-state index contributed by atoms with van der Waals surface area (Å²) in [4.78, 5) is 22.9. The second kappa shape index (κ2) is 9.01. The van der Waals surface area contributed by atoms with E-state index in [1.54, 1.807) is 18.2 Å². The Labute approximate surface area is 168 Å². The summed E-state index contributed by atoms with van der Waals surface area (Å²) in [5, 5.41) is 16.6. The first kappa shape index (κ1) is 20.7. The molecule has 1 aliphatic heterocycles. The van der Waals surface area contributed by atoms with E-state index >= 15 is 0 Å². The summed E-state index contributed by atoms with van der Waals surface area (Å²) >= 11 is 0. The minimum atomic E-state index is -3.51. The summed E-state index contributed by atoms with van der Waals surface area (Å²) in [5.41, 5.74) is 0.688. The fourth-order valence-corrected chi connectivity index (χ4v) is 4.63. The van der Waals surface area contributed by atoms with Crippen LogP contribution >= 0.6 is 0 Å². The van der Waals surface area contributed by atoms with Crippen molar-refractivity contribution in [2.75, 3.05) is 31.5 Å². The number of nitro benzene ring substituents is 1. The van der Waals surface area contributed by atoms with Gasteiger partial charge in [0, 0.05) is 37.8 Å². The molecule has 2 aromatic rings. The first-order valence-corrected chi connectivity index (χ1v) is 10.7. The quantitative estimate of drug-likeness (QED) is 0.385. The van der Waals surface area contributed by atoms with Crippen LogP contribution in [0.2, 0.25) is 0 Å². The smallest absolute Gasteiger partial charge is 0.292 e. The van der Waals surface area contributed by atoms with Crippen molar-refractivity contribution in [1.82, 2.24) is 9.62 Å². The molecule has 1 fully saturated rings. The van der Waals surface area contributed by atoms with Gasteiger partial charge in [0.2, 0.25) is 10.0 Å². The van der Waals surface area contributed by atoms with E-state index in [4.69, 9.17) is 0 Å². The van der Waals surface area contributed by atoms with Crippen molar-refractivity contribution in [3.8, 4) is 0 Å². The van der Waals surface area contributed by atoms with Gasteiger partial charge in [-0.3, -0.25) is 14.9 Å². The van der Waals surface area contributed by atoms with E-state index < -0.39 is 14.9 Å². The highest BCUT2D eigenvalue weighted by molar-refractivity contribution is 7.89. The number of sulfonamides is 1. The Kier molecular flexibility index (Phi) is 6.45. The van der Waals surface area contributed by atoms with Crippen molar-refractivity contribution in [3.05, 3.63) is 64.2 Å². The number of para-hydroxylation sites is 2. The summed E-state index contributed by atoms with van der Waals surface area (Å²) in [6.45, 7) is 1.60. The molecule has 0 spiro atoms. The maximum Gasteiger partial charge on any atom is 0.292 e. The van der Waals surface area contributed by atoms with Crippen LogP contribution < -0.4 is 10.6 Å². The van der Waals surface area contributed by atoms with Crippen LogP contribution in [0.3, 0.4) is 0 Å². The van der Waals surface area contributed by atoms with Crippen LogP contribution in [-0.2, 0) is 10.0 Å². The third kappa shape index (κ3) is 4.90. The Morgan fingerprint density at radius 2 is 1.69 bits per heavy atom. The van der Waals surface area contributed by atoms with E-state index in [2.05, 4.69) is 10.6 Å². The Balaban J connectivity index is 1.53. The molecule has 3 rings (SSSR count). The Hall–Kier alpha value is -2.98. The van der Waals surface area contributed by atoms with Crippen LogP contribution in [0.15, 0.2) is 53.4 Å². The molecule has 1 amide bonds. The number of carbonyl (C=O) groups excluding carboxylic acids is 1. The summed E-state index contributed by atoms with van der Waals surface area (Å²) in [7, 11) is -3.51. The van der Waals surface area contributed by atoms with Gasteiger partial charge < -0.3 is 10.6 Å². The van der Waals surface area contributed by atoms with Crippen LogP contribution in [0.1, 0.15) is 23.2 Å². The van der Waals surface area contributed by atoms with Gasteiger partial charge in [-0.15, -0.1) is 0 Å². The zero-order valence-electron chi connectivity index (χ0n) is 15.7. The van der Waals surface area contributed by atoms with Gasteiger partial charge in [-0.1, -0.05) is 12.1 Å². The lowest BCUT2D eigenvalue weighted by molar-refractivity contribution is -0.384. The Morgan fingerprint density at radius 3 is 2.34 bits per heavy atom. The topological polar surface area (TPSA) is 122 Å². The largest absolute Gasteiger partial charge is 0.378 e. The predicted octanol–water partition coefficient (Wildman–Crippen LogP) is 2.22. The highest BCUT2D eigenvalue weighted by Gasteiger charge is 2.27. The van der Waals surface area contributed by atoms with Gasteiger partial charge in [-0.2, -0.15) is 4.31 Å². The van der Waals surface area contributed by atoms with Crippen molar-refractivity contribution >= 4 is 27.3 Å². The fraction of sp³-hybridized carbons (Fsp3) is 0.316. The molecule has 1 saturated heterocycles. The highest BCUT2D eigenvalue weighted by atomic mass is 32.2. The molecule has 9 nitrogen and oxygen atoms in total. The normalized spacial score (nSPS) is 14.5. The van der Waals surface area contributed by atoms with Gasteiger partial charge in [-0.25, -0.2) is 8.42 Å². The standard InChI is InChI=1S/C19H22N4O5S/c24-19(21-12-11-20-17-5-1-2-6-18(17)23(25)26)15-7-9-16(10-8-15)29(27,28)22-13-3-4-14-22/h1-2,5-10,20H,3-4,11-14H2,(H,21,24). The number of rotatable bonds is 8. The number of nitro groups is 1. The maximum atomic E-state index is 12.5. The molecule has 29 heavy (non-hydrogen) atoms. The molecule has 1 heterocycles. The molecule has 0 saturated carbocycles. The lowest BCUT2D eigenvalue weighted by atomic mass is 10.2. The molecule has 0 aromatic heterocycles. The lowest BCUT2D eigenvalue weighted by Gasteiger charge is -2.15. The maximum absolute atomic E-state index is 12.5. The molecule has 10 heteroatoms. The molecular weight excluding hydrogens is 396 g/mol. The number of hydrogen-bond acceptors (Lipinski definition) is 6. The zero-order valence-corrected chi connectivity index (χ0v) is 16.5. The van der Waals surface area contributed by atoms with E-state index in [-0.39, 0.29) is 23.0 Å². The number of benzene rings is 2. The van der Waals surface area contributed by atoms with Crippen LogP contribution in [-0.4, -0.2) is 49.7 Å². The van der Waals surface area contributed by atoms with Crippen molar-refractivity contribution in [2.45, 2.75) is 17.7 Å². The van der Waals surface area contributed by atoms with E-state index in [0.29, 0.717) is 30.9 Å². The van der Waals surface area contributed by atoms with Gasteiger partial charge >= 0.3 is 0 Å². The molecule has 0 aliphatic carbocycles. The SMILES string of the molecule is O=C(NCCNc1ccccc1[N+](=O)[O-])c1ccc(S(=O)(=O)N2CCCC2)cc1. The molecule has 154 valence electrons. The summed E-state index contributed by atoms with van der Waals surface area (Å²) in [5.74, 6) is -0.348. The predicted molar refractivity (Wildman–Crippen MR) is 108 cm³/mol. The molecule has 2 aromatic carbocycles. The van der Waals surface area contributed by atoms with Gasteiger partial charge in [0.25, 0.3) is 11.6 Å². The molecule has 1 aliphatic rings. The van der Waals surface area contributed by atoms with Crippen LogP contribution in [0.25, 0.3) is 0 Å². The molecule has 2 N–H and O–H groups in total. The Bertz CT molecular complexity index is 986.